The summed E-state index contributed by atoms with van der Waals surface area (Å²) in [6, 6.07) is 0.451. The lowest BCUT2D eigenvalue weighted by atomic mass is 10.1. The zero-order valence-electron chi connectivity index (χ0n) is 8.41. The SMILES string of the molecule is O=C1NCCCN1C1CCC(CO)C1. The van der Waals surface area contributed by atoms with E-state index in [0.29, 0.717) is 12.0 Å². The Balaban J connectivity index is 1.91. The minimum atomic E-state index is 0.0832. The Hall–Kier alpha value is -0.770. The van der Waals surface area contributed by atoms with Crippen molar-refractivity contribution < 1.29 is 9.90 Å². The Labute approximate surface area is 84.3 Å². The average molecular weight is 198 g/mol. The summed E-state index contributed by atoms with van der Waals surface area (Å²) in [7, 11) is 0. The van der Waals surface area contributed by atoms with Crippen LogP contribution in [-0.2, 0) is 0 Å². The standard InChI is InChI=1S/C10H18N2O2/c13-7-8-2-3-9(6-8)12-5-1-4-11-10(12)14/h8-9,13H,1-7H2,(H,11,14). The van der Waals surface area contributed by atoms with Crippen molar-refractivity contribution in [2.75, 3.05) is 19.7 Å². The van der Waals surface area contributed by atoms with Crippen LogP contribution in [0.4, 0.5) is 4.79 Å². The second kappa shape index (κ2) is 4.17. The summed E-state index contributed by atoms with van der Waals surface area (Å²) in [5, 5.41) is 11.9. The number of aliphatic hydroxyl groups is 1. The van der Waals surface area contributed by atoms with Gasteiger partial charge in [-0.05, 0) is 31.6 Å². The molecule has 2 unspecified atom stereocenters. The number of hydrogen-bond donors (Lipinski definition) is 2. The van der Waals surface area contributed by atoms with Gasteiger partial charge in [0.15, 0.2) is 0 Å². The van der Waals surface area contributed by atoms with E-state index in [4.69, 9.17) is 5.11 Å². The number of rotatable bonds is 2. The number of carbonyl (C=O) groups is 1. The van der Waals surface area contributed by atoms with Crippen LogP contribution < -0.4 is 5.32 Å². The molecule has 0 aromatic heterocycles. The van der Waals surface area contributed by atoms with E-state index in [1.807, 2.05) is 4.90 Å². The average Bonchev–Trinajstić information content (AvgIpc) is 2.67. The number of nitrogens with one attached hydrogen (secondary N) is 1. The molecule has 0 bridgehead atoms. The quantitative estimate of drug-likeness (QED) is 0.681. The largest absolute Gasteiger partial charge is 0.396 e. The number of urea groups is 1. The van der Waals surface area contributed by atoms with Gasteiger partial charge < -0.3 is 15.3 Å². The molecule has 4 heteroatoms. The Kier molecular flexibility index (Phi) is 2.91. The van der Waals surface area contributed by atoms with Crippen LogP contribution >= 0.6 is 0 Å². The van der Waals surface area contributed by atoms with Crippen molar-refractivity contribution in [3.05, 3.63) is 0 Å². The molecule has 2 rings (SSSR count). The van der Waals surface area contributed by atoms with E-state index in [9.17, 15) is 4.79 Å². The molecule has 14 heavy (non-hydrogen) atoms. The van der Waals surface area contributed by atoms with E-state index in [0.717, 1.165) is 38.8 Å². The van der Waals surface area contributed by atoms with Gasteiger partial charge in [-0.2, -0.15) is 0 Å². The molecule has 1 saturated carbocycles. The fourth-order valence-electron chi connectivity index (χ4n) is 2.49. The van der Waals surface area contributed by atoms with Crippen LogP contribution in [0.15, 0.2) is 0 Å². The third-order valence-corrected chi connectivity index (χ3v) is 3.33. The second-order valence-electron chi connectivity index (χ2n) is 4.29. The molecule has 0 spiro atoms. The van der Waals surface area contributed by atoms with Crippen molar-refractivity contribution in [2.45, 2.75) is 31.7 Å². The van der Waals surface area contributed by atoms with E-state index >= 15 is 0 Å². The first-order chi connectivity index (χ1) is 6.81. The molecule has 0 aromatic carbocycles. The highest BCUT2D eigenvalue weighted by atomic mass is 16.3. The third kappa shape index (κ3) is 1.85. The molecule has 1 aliphatic heterocycles. The lowest BCUT2D eigenvalue weighted by Gasteiger charge is -2.32. The van der Waals surface area contributed by atoms with Gasteiger partial charge in [0, 0.05) is 25.7 Å². The molecule has 0 radical (unpaired) electrons. The lowest BCUT2D eigenvalue weighted by molar-refractivity contribution is 0.156. The third-order valence-electron chi connectivity index (χ3n) is 3.33. The number of nitrogens with zero attached hydrogens (tertiary/aromatic N) is 1. The maximum Gasteiger partial charge on any atom is 0.317 e. The van der Waals surface area contributed by atoms with Gasteiger partial charge in [-0.3, -0.25) is 0 Å². The molecule has 0 aromatic rings. The molecule has 80 valence electrons. The molecule has 1 heterocycles. The summed E-state index contributed by atoms with van der Waals surface area (Å²) in [5.74, 6) is 0.412. The number of amides is 2. The van der Waals surface area contributed by atoms with Crippen molar-refractivity contribution in [1.29, 1.82) is 0 Å². The molecule has 4 nitrogen and oxygen atoms in total. The van der Waals surface area contributed by atoms with Crippen molar-refractivity contribution >= 4 is 6.03 Å². The first-order valence-electron chi connectivity index (χ1n) is 5.46. The zero-order valence-corrected chi connectivity index (χ0v) is 8.41. The fourth-order valence-corrected chi connectivity index (χ4v) is 2.49. The molecular weight excluding hydrogens is 180 g/mol. The highest BCUT2D eigenvalue weighted by Crippen LogP contribution is 2.29. The maximum atomic E-state index is 11.5. The highest BCUT2D eigenvalue weighted by Gasteiger charge is 2.32. The van der Waals surface area contributed by atoms with Gasteiger partial charge in [0.2, 0.25) is 0 Å². The van der Waals surface area contributed by atoms with Crippen LogP contribution in [0.3, 0.4) is 0 Å². The van der Waals surface area contributed by atoms with Crippen LogP contribution in [0.1, 0.15) is 25.7 Å². The van der Waals surface area contributed by atoms with E-state index in [1.165, 1.54) is 0 Å². The van der Waals surface area contributed by atoms with E-state index in [2.05, 4.69) is 5.32 Å². The zero-order chi connectivity index (χ0) is 9.97. The van der Waals surface area contributed by atoms with Crippen molar-refractivity contribution in [2.24, 2.45) is 5.92 Å². The van der Waals surface area contributed by atoms with Gasteiger partial charge in [0.25, 0.3) is 0 Å². The summed E-state index contributed by atoms with van der Waals surface area (Å²) in [6.45, 7) is 1.96. The van der Waals surface area contributed by atoms with Gasteiger partial charge in [0.1, 0.15) is 0 Å². The van der Waals surface area contributed by atoms with Crippen LogP contribution in [0.2, 0.25) is 0 Å². The minimum absolute atomic E-state index is 0.0832. The Morgan fingerprint density at radius 1 is 1.50 bits per heavy atom. The topological polar surface area (TPSA) is 52.6 Å². The monoisotopic (exact) mass is 198 g/mol. The predicted octanol–water partition coefficient (Wildman–Crippen LogP) is 0.563. The molecule has 2 atom stereocenters. The number of hydrogen-bond acceptors (Lipinski definition) is 2. The molecule has 1 aliphatic carbocycles. The molecule has 2 aliphatic rings. The fraction of sp³-hybridized carbons (Fsp3) is 0.900. The lowest BCUT2D eigenvalue weighted by Crippen LogP contribution is -2.50. The smallest absolute Gasteiger partial charge is 0.317 e. The summed E-state index contributed by atoms with van der Waals surface area (Å²) in [6.07, 6.45) is 4.14. The molecule has 2 N–H and O–H groups in total. The normalized spacial score (nSPS) is 33.2. The van der Waals surface area contributed by atoms with Crippen molar-refractivity contribution in [1.82, 2.24) is 10.2 Å². The van der Waals surface area contributed by atoms with Crippen LogP contribution in [0, 0.1) is 5.92 Å². The summed E-state index contributed by atoms with van der Waals surface area (Å²) < 4.78 is 0. The van der Waals surface area contributed by atoms with Crippen LogP contribution in [-0.4, -0.2) is 41.8 Å². The summed E-state index contributed by atoms with van der Waals surface area (Å²) >= 11 is 0. The van der Waals surface area contributed by atoms with Crippen LogP contribution in [0.25, 0.3) is 0 Å². The van der Waals surface area contributed by atoms with Crippen molar-refractivity contribution in [3.63, 3.8) is 0 Å². The van der Waals surface area contributed by atoms with Gasteiger partial charge in [-0.1, -0.05) is 0 Å². The Morgan fingerprint density at radius 3 is 3.00 bits per heavy atom. The predicted molar refractivity (Wildman–Crippen MR) is 52.9 cm³/mol. The Morgan fingerprint density at radius 2 is 2.36 bits per heavy atom. The molecular formula is C10H18N2O2. The van der Waals surface area contributed by atoms with Gasteiger partial charge in [-0.15, -0.1) is 0 Å². The Bertz CT molecular complexity index is 220. The maximum absolute atomic E-state index is 11.5. The van der Waals surface area contributed by atoms with Gasteiger partial charge in [0.05, 0.1) is 0 Å². The second-order valence-corrected chi connectivity index (χ2v) is 4.29. The van der Waals surface area contributed by atoms with Gasteiger partial charge >= 0.3 is 6.03 Å². The van der Waals surface area contributed by atoms with Gasteiger partial charge in [-0.25, -0.2) is 4.79 Å². The summed E-state index contributed by atoms with van der Waals surface area (Å²) in [5.41, 5.74) is 0. The van der Waals surface area contributed by atoms with Crippen LogP contribution in [0.5, 0.6) is 0 Å². The molecule has 2 fully saturated rings. The van der Waals surface area contributed by atoms with Crippen molar-refractivity contribution in [3.8, 4) is 0 Å². The summed E-state index contributed by atoms with van der Waals surface area (Å²) in [4.78, 5) is 13.5. The minimum Gasteiger partial charge on any atom is -0.396 e. The first-order valence-corrected chi connectivity index (χ1v) is 5.46. The highest BCUT2D eigenvalue weighted by molar-refractivity contribution is 5.75. The van der Waals surface area contributed by atoms with E-state index in [1.54, 1.807) is 0 Å². The number of carbonyl (C=O) groups excluding carboxylic acids is 1. The number of aliphatic hydroxyl groups excluding tert-OH is 1. The first kappa shape index (κ1) is 9.77. The van der Waals surface area contributed by atoms with E-state index < -0.39 is 0 Å². The van der Waals surface area contributed by atoms with E-state index in [-0.39, 0.29) is 12.6 Å². The molecule has 2 amide bonds. The molecule has 1 saturated heterocycles.